The summed E-state index contributed by atoms with van der Waals surface area (Å²) in [5.74, 6) is 0.906. The molecule has 1 aromatic heterocycles. The first-order chi connectivity index (χ1) is 9.56. The van der Waals surface area contributed by atoms with Gasteiger partial charge in [0.25, 0.3) is 0 Å². The second-order valence-electron chi connectivity index (χ2n) is 4.02. The molecule has 6 heteroatoms. The number of para-hydroxylation sites is 2. The van der Waals surface area contributed by atoms with Crippen molar-refractivity contribution in [3.8, 4) is 11.5 Å². The van der Waals surface area contributed by atoms with Gasteiger partial charge in [0.05, 0.1) is 5.69 Å². The van der Waals surface area contributed by atoms with Crippen LogP contribution in [-0.4, -0.2) is 15.9 Å². The number of carbonyl (C=O) groups is 1. The van der Waals surface area contributed by atoms with Crippen LogP contribution in [0.1, 0.15) is 12.6 Å². The molecule has 5 nitrogen and oxygen atoms in total. The van der Waals surface area contributed by atoms with Gasteiger partial charge in [-0.25, -0.2) is 0 Å². The predicted molar refractivity (Wildman–Crippen MR) is 80.9 cm³/mol. The molecule has 0 radical (unpaired) electrons. The number of rotatable bonds is 4. The molecule has 0 aliphatic carbocycles. The summed E-state index contributed by atoms with van der Waals surface area (Å²) in [5, 5.41) is 2.70. The zero-order valence-electron chi connectivity index (χ0n) is 10.8. The van der Waals surface area contributed by atoms with Crippen LogP contribution in [0.25, 0.3) is 0 Å². The first kappa shape index (κ1) is 14.0. The highest BCUT2D eigenvalue weighted by molar-refractivity contribution is 7.80. The maximum absolute atomic E-state index is 11.2. The normalized spacial score (nSPS) is 9.85. The molecule has 102 valence electrons. The lowest BCUT2D eigenvalue weighted by molar-refractivity contribution is -0.114. The van der Waals surface area contributed by atoms with Crippen LogP contribution in [0.3, 0.4) is 0 Å². The number of amides is 1. The fourth-order valence-electron chi connectivity index (χ4n) is 1.58. The summed E-state index contributed by atoms with van der Waals surface area (Å²) in [7, 11) is 0. The van der Waals surface area contributed by atoms with Crippen LogP contribution in [-0.2, 0) is 4.79 Å². The van der Waals surface area contributed by atoms with E-state index in [-0.39, 0.29) is 10.9 Å². The van der Waals surface area contributed by atoms with Crippen molar-refractivity contribution in [1.29, 1.82) is 0 Å². The lowest BCUT2D eigenvalue weighted by Crippen LogP contribution is -2.11. The Hall–Kier alpha value is -2.47. The summed E-state index contributed by atoms with van der Waals surface area (Å²) < 4.78 is 5.73. The molecule has 0 saturated carbocycles. The maximum Gasteiger partial charge on any atom is 0.221 e. The number of carbonyl (C=O) groups excluding carboxylic acids is 1. The Labute approximate surface area is 121 Å². The Balaban J connectivity index is 2.28. The van der Waals surface area contributed by atoms with E-state index in [0.717, 1.165) is 0 Å². The minimum Gasteiger partial charge on any atom is -0.455 e. The van der Waals surface area contributed by atoms with Crippen molar-refractivity contribution in [2.45, 2.75) is 6.92 Å². The highest BCUT2D eigenvalue weighted by atomic mass is 32.1. The van der Waals surface area contributed by atoms with Gasteiger partial charge in [-0.2, -0.15) is 0 Å². The summed E-state index contributed by atoms with van der Waals surface area (Å²) in [6.45, 7) is 1.44. The van der Waals surface area contributed by atoms with E-state index in [4.69, 9.17) is 22.7 Å². The molecule has 0 atom stereocenters. The maximum atomic E-state index is 11.2. The predicted octanol–water partition coefficient (Wildman–Crippen LogP) is 2.47. The Kier molecular flexibility index (Phi) is 4.27. The second-order valence-corrected chi connectivity index (χ2v) is 4.46. The first-order valence-electron chi connectivity index (χ1n) is 5.86. The zero-order chi connectivity index (χ0) is 14.5. The van der Waals surface area contributed by atoms with Crippen LogP contribution in [0.15, 0.2) is 42.6 Å². The van der Waals surface area contributed by atoms with Gasteiger partial charge < -0.3 is 15.8 Å². The van der Waals surface area contributed by atoms with Crippen molar-refractivity contribution in [2.75, 3.05) is 5.32 Å². The molecule has 1 amide bonds. The number of nitrogens with one attached hydrogen (secondary N) is 1. The lowest BCUT2D eigenvalue weighted by Gasteiger charge is -2.11. The minimum absolute atomic E-state index is 0.167. The number of benzene rings is 1. The van der Waals surface area contributed by atoms with Gasteiger partial charge >= 0.3 is 0 Å². The molecule has 0 fully saturated rings. The summed E-state index contributed by atoms with van der Waals surface area (Å²) >= 11 is 4.87. The number of thiocarbonyl (C=S) groups is 1. The number of pyridine rings is 1. The van der Waals surface area contributed by atoms with Gasteiger partial charge in [0.15, 0.2) is 5.75 Å². The fraction of sp³-hybridized carbons (Fsp3) is 0.0714. The highest BCUT2D eigenvalue weighted by Crippen LogP contribution is 2.29. The Morgan fingerprint density at radius 2 is 2.10 bits per heavy atom. The van der Waals surface area contributed by atoms with Crippen LogP contribution in [0.5, 0.6) is 11.5 Å². The Morgan fingerprint density at radius 1 is 1.35 bits per heavy atom. The van der Waals surface area contributed by atoms with Crippen molar-refractivity contribution in [3.05, 3.63) is 48.3 Å². The first-order valence-corrected chi connectivity index (χ1v) is 6.27. The van der Waals surface area contributed by atoms with Gasteiger partial charge in [0, 0.05) is 19.2 Å². The average Bonchev–Trinajstić information content (AvgIpc) is 2.41. The molecule has 2 rings (SSSR count). The summed E-state index contributed by atoms with van der Waals surface area (Å²) in [6, 6.07) is 10.5. The minimum atomic E-state index is -0.167. The van der Waals surface area contributed by atoms with Gasteiger partial charge in [0.2, 0.25) is 5.91 Å². The molecule has 3 N–H and O–H groups in total. The van der Waals surface area contributed by atoms with E-state index >= 15 is 0 Å². The standard InChI is InChI=1S/C14H13N3O2S/c1-9(18)17-11-4-2-3-5-13(11)19-10-6-7-16-12(8-10)14(15)20/h2-8H,1H3,(H2,15,20)(H,17,18). The van der Waals surface area contributed by atoms with Gasteiger partial charge in [-0.15, -0.1) is 0 Å². The Morgan fingerprint density at radius 3 is 2.80 bits per heavy atom. The largest absolute Gasteiger partial charge is 0.455 e. The van der Waals surface area contributed by atoms with E-state index in [1.54, 1.807) is 30.5 Å². The van der Waals surface area contributed by atoms with Crippen LogP contribution < -0.4 is 15.8 Å². The summed E-state index contributed by atoms with van der Waals surface area (Å²) in [5.41, 5.74) is 6.60. The molecule has 0 saturated heterocycles. The molecule has 0 spiro atoms. The second kappa shape index (κ2) is 6.12. The number of hydrogen-bond donors (Lipinski definition) is 2. The molecule has 20 heavy (non-hydrogen) atoms. The van der Waals surface area contributed by atoms with Gasteiger partial charge in [-0.05, 0) is 18.2 Å². The van der Waals surface area contributed by atoms with Gasteiger partial charge in [0.1, 0.15) is 16.4 Å². The fourth-order valence-corrected chi connectivity index (χ4v) is 1.70. The van der Waals surface area contributed by atoms with Crippen molar-refractivity contribution in [2.24, 2.45) is 5.73 Å². The molecule has 1 heterocycles. The molecular formula is C14H13N3O2S. The molecule has 0 aliphatic rings. The van der Waals surface area contributed by atoms with Crippen LogP contribution in [0.4, 0.5) is 5.69 Å². The number of anilines is 1. The van der Waals surface area contributed by atoms with E-state index in [2.05, 4.69) is 10.3 Å². The molecule has 0 unspecified atom stereocenters. The number of nitrogens with zero attached hydrogens (tertiary/aromatic N) is 1. The van der Waals surface area contributed by atoms with Crippen molar-refractivity contribution >= 4 is 28.8 Å². The van der Waals surface area contributed by atoms with Crippen molar-refractivity contribution in [3.63, 3.8) is 0 Å². The average molecular weight is 287 g/mol. The molecule has 0 aliphatic heterocycles. The van der Waals surface area contributed by atoms with E-state index in [0.29, 0.717) is 22.9 Å². The number of ether oxygens (including phenoxy) is 1. The van der Waals surface area contributed by atoms with Gasteiger partial charge in [-0.1, -0.05) is 24.4 Å². The summed E-state index contributed by atoms with van der Waals surface area (Å²) in [4.78, 5) is 15.4. The van der Waals surface area contributed by atoms with E-state index < -0.39 is 0 Å². The van der Waals surface area contributed by atoms with Crippen LogP contribution >= 0.6 is 12.2 Å². The van der Waals surface area contributed by atoms with E-state index in [9.17, 15) is 4.79 Å². The van der Waals surface area contributed by atoms with Crippen molar-refractivity contribution in [1.82, 2.24) is 4.98 Å². The monoisotopic (exact) mass is 287 g/mol. The molecule has 2 aromatic rings. The third-order valence-corrected chi connectivity index (χ3v) is 2.62. The SMILES string of the molecule is CC(=O)Nc1ccccc1Oc1ccnc(C(N)=S)c1. The molecular weight excluding hydrogens is 274 g/mol. The quantitative estimate of drug-likeness (QED) is 0.845. The number of nitrogens with two attached hydrogens (primary N) is 1. The van der Waals surface area contributed by atoms with E-state index in [1.807, 2.05) is 12.1 Å². The third kappa shape index (κ3) is 3.52. The molecule has 1 aromatic carbocycles. The van der Waals surface area contributed by atoms with Crippen LogP contribution in [0.2, 0.25) is 0 Å². The lowest BCUT2D eigenvalue weighted by atomic mass is 10.3. The van der Waals surface area contributed by atoms with Crippen LogP contribution in [0, 0.1) is 0 Å². The highest BCUT2D eigenvalue weighted by Gasteiger charge is 2.07. The van der Waals surface area contributed by atoms with E-state index in [1.165, 1.54) is 6.92 Å². The summed E-state index contributed by atoms with van der Waals surface area (Å²) in [6.07, 6.45) is 1.56. The molecule has 0 bridgehead atoms. The Bertz CT molecular complexity index is 658. The third-order valence-electron chi connectivity index (χ3n) is 2.41. The number of aromatic nitrogens is 1. The smallest absolute Gasteiger partial charge is 0.221 e. The number of hydrogen-bond acceptors (Lipinski definition) is 4. The van der Waals surface area contributed by atoms with Crippen molar-refractivity contribution < 1.29 is 9.53 Å². The van der Waals surface area contributed by atoms with Gasteiger partial charge in [-0.3, -0.25) is 9.78 Å². The topological polar surface area (TPSA) is 77.2 Å². The zero-order valence-corrected chi connectivity index (χ0v) is 11.6.